The maximum absolute atomic E-state index is 4.89. The first kappa shape index (κ1) is 37.2. The molecular weight excluding hydrogens is 647 g/mol. The summed E-state index contributed by atoms with van der Waals surface area (Å²) in [5, 5.41) is 0. The first-order valence-corrected chi connectivity index (χ1v) is 16.4. The van der Waals surface area contributed by atoms with Crippen molar-refractivity contribution < 1.29 is 16.8 Å². The van der Waals surface area contributed by atoms with Crippen LogP contribution in [0.15, 0.2) is 61.2 Å². The minimum absolute atomic E-state index is 0. The van der Waals surface area contributed by atoms with Gasteiger partial charge in [0.05, 0.1) is 45.6 Å². The molecule has 0 saturated heterocycles. The molecule has 0 fully saturated rings. The molecule has 0 atom stereocenters. The van der Waals surface area contributed by atoms with Gasteiger partial charge in [-0.2, -0.15) is 0 Å². The maximum atomic E-state index is 4.89. The number of aromatic nitrogens is 6. The maximum Gasteiger partial charge on any atom is 3.00 e. The van der Waals surface area contributed by atoms with E-state index in [1.54, 1.807) is 0 Å². The number of hydrogen-bond donors (Lipinski definition) is 0. The minimum atomic E-state index is 0. The van der Waals surface area contributed by atoms with Crippen LogP contribution in [0.25, 0.3) is 45.6 Å². The van der Waals surface area contributed by atoms with E-state index in [9.17, 15) is 0 Å². The van der Waals surface area contributed by atoms with Crippen LogP contribution in [0.3, 0.4) is 0 Å². The molecule has 6 nitrogen and oxygen atoms in total. The minimum Gasteiger partial charge on any atom is -0.254 e. The van der Waals surface area contributed by atoms with Gasteiger partial charge in [-0.1, -0.05) is 0 Å². The first-order chi connectivity index (χ1) is 22.7. The van der Waals surface area contributed by atoms with E-state index in [0.29, 0.717) is 0 Å². The van der Waals surface area contributed by atoms with Crippen LogP contribution >= 0.6 is 0 Å². The van der Waals surface area contributed by atoms with Gasteiger partial charge in [0.25, 0.3) is 0 Å². The Bertz CT molecular complexity index is 2010. The average Bonchev–Trinajstić information content (AvgIpc) is 3.05. The van der Waals surface area contributed by atoms with E-state index in [1.807, 2.05) is 24.8 Å². The van der Waals surface area contributed by atoms with Crippen molar-refractivity contribution in [1.29, 1.82) is 0 Å². The molecule has 0 aliphatic heterocycles. The Morgan fingerprint density at radius 2 is 0.531 bits per heavy atom. The second-order valence-electron chi connectivity index (χ2n) is 13.2. The third-order valence-electron chi connectivity index (χ3n) is 9.56. The molecule has 6 aromatic heterocycles. The fourth-order valence-electron chi connectivity index (χ4n) is 5.27. The van der Waals surface area contributed by atoms with E-state index in [2.05, 4.69) is 139 Å². The summed E-state index contributed by atoms with van der Waals surface area (Å²) in [6, 6.07) is 12.6. The molecule has 0 N–H and O–H groups in total. The van der Waals surface area contributed by atoms with Crippen molar-refractivity contribution in [3.05, 3.63) is 128 Å². The van der Waals surface area contributed by atoms with Crippen LogP contribution in [-0.2, 0) is 16.8 Å². The summed E-state index contributed by atoms with van der Waals surface area (Å²) in [7, 11) is 0. The van der Waals surface area contributed by atoms with Gasteiger partial charge in [-0.25, -0.2) is 9.97 Å². The zero-order valence-electron chi connectivity index (χ0n) is 30.8. The van der Waals surface area contributed by atoms with Crippen LogP contribution in [0.4, 0.5) is 0 Å². The summed E-state index contributed by atoms with van der Waals surface area (Å²) in [5.74, 6) is 0. The van der Waals surface area contributed by atoms with E-state index in [0.717, 1.165) is 45.6 Å². The number of pyridine rings is 6. The molecule has 0 saturated carbocycles. The van der Waals surface area contributed by atoms with E-state index >= 15 is 0 Å². The van der Waals surface area contributed by atoms with Crippen molar-refractivity contribution in [3.63, 3.8) is 0 Å². The van der Waals surface area contributed by atoms with Gasteiger partial charge in [-0.05, 0) is 186 Å². The Hall–Kier alpha value is -4.59. The van der Waals surface area contributed by atoms with Gasteiger partial charge in [0.1, 0.15) is 0 Å². The summed E-state index contributed by atoms with van der Waals surface area (Å²) in [6.45, 7) is 25.2. The van der Waals surface area contributed by atoms with Crippen molar-refractivity contribution in [2.45, 2.75) is 83.1 Å². The Morgan fingerprint density at radius 1 is 0.286 bits per heavy atom. The second kappa shape index (κ2) is 15.3. The first-order valence-electron chi connectivity index (χ1n) is 16.4. The predicted molar refractivity (Wildman–Crippen MR) is 198 cm³/mol. The van der Waals surface area contributed by atoms with Gasteiger partial charge in [-0.3, -0.25) is 19.9 Å². The van der Waals surface area contributed by atoms with E-state index in [-0.39, 0.29) is 16.8 Å². The zero-order valence-corrected chi connectivity index (χ0v) is 31.8. The molecule has 0 aliphatic carbocycles. The summed E-state index contributed by atoms with van der Waals surface area (Å²) in [5.41, 5.74) is 21.8. The fourth-order valence-corrected chi connectivity index (χ4v) is 5.27. The predicted octanol–water partition coefficient (Wildman–Crippen LogP) is 10.1. The second-order valence-corrected chi connectivity index (χ2v) is 13.2. The molecule has 6 rings (SSSR count). The van der Waals surface area contributed by atoms with Crippen molar-refractivity contribution in [1.82, 2.24) is 29.9 Å². The molecule has 7 heteroatoms. The van der Waals surface area contributed by atoms with E-state index in [1.165, 1.54) is 66.8 Å². The quantitative estimate of drug-likeness (QED) is 0.183. The third-order valence-corrected chi connectivity index (χ3v) is 9.56. The summed E-state index contributed by atoms with van der Waals surface area (Å²) >= 11 is 0. The number of aryl methyl sites for hydroxylation is 10. The Morgan fingerprint density at radius 3 is 0.816 bits per heavy atom. The van der Waals surface area contributed by atoms with Crippen molar-refractivity contribution >= 4 is 0 Å². The smallest absolute Gasteiger partial charge is 0.254 e. The van der Waals surface area contributed by atoms with Crippen LogP contribution in [0.2, 0.25) is 0 Å². The van der Waals surface area contributed by atoms with E-state index < -0.39 is 0 Å². The van der Waals surface area contributed by atoms with Crippen LogP contribution in [0, 0.1) is 83.1 Å². The van der Waals surface area contributed by atoms with Gasteiger partial charge in [0, 0.05) is 24.8 Å². The van der Waals surface area contributed by atoms with Gasteiger partial charge in [0.15, 0.2) is 0 Å². The van der Waals surface area contributed by atoms with Gasteiger partial charge in [-0.15, -0.1) is 0 Å². The fraction of sp³-hybridized carbons (Fsp3) is 0.286. The Kier molecular flexibility index (Phi) is 11.6. The molecule has 250 valence electrons. The number of rotatable bonds is 4. The third kappa shape index (κ3) is 8.18. The normalized spacial score (nSPS) is 10.7. The number of hydrogen-bond acceptors (Lipinski definition) is 6. The molecule has 6 heterocycles. The summed E-state index contributed by atoms with van der Waals surface area (Å²) in [4.78, 5) is 28.1. The average molecular weight is 694 g/mol. The summed E-state index contributed by atoms with van der Waals surface area (Å²) in [6.07, 6.45) is 7.66. The zero-order chi connectivity index (χ0) is 34.9. The van der Waals surface area contributed by atoms with Crippen molar-refractivity contribution in [3.8, 4) is 45.6 Å². The molecule has 0 amide bonds. The largest absolute Gasteiger partial charge is 3.00 e. The standard InChI is InChI=1S/2C21H23N3.Co/c2*1-12-7-18(22-10-15(12)4)19-9-14(3)17(6)21(24-19)20-8-13(2)16(5)11-23-20;/h2*7-11H,1-6H3;/q;;+3. The molecule has 0 bridgehead atoms. The molecule has 49 heavy (non-hydrogen) atoms. The van der Waals surface area contributed by atoms with Gasteiger partial charge < -0.3 is 0 Å². The molecule has 0 aromatic carbocycles. The monoisotopic (exact) mass is 693 g/mol. The topological polar surface area (TPSA) is 77.3 Å². The Labute approximate surface area is 302 Å². The van der Waals surface area contributed by atoms with Crippen LogP contribution < -0.4 is 0 Å². The van der Waals surface area contributed by atoms with Crippen molar-refractivity contribution in [2.24, 2.45) is 0 Å². The Balaban J connectivity index is 0.000000216. The van der Waals surface area contributed by atoms with Gasteiger partial charge in [0.2, 0.25) is 0 Å². The van der Waals surface area contributed by atoms with E-state index in [4.69, 9.17) is 9.97 Å². The molecule has 6 aromatic rings. The summed E-state index contributed by atoms with van der Waals surface area (Å²) < 4.78 is 0. The molecule has 0 radical (unpaired) electrons. The molecule has 0 aliphatic rings. The molecule has 0 spiro atoms. The van der Waals surface area contributed by atoms with Crippen LogP contribution in [-0.4, -0.2) is 29.9 Å². The van der Waals surface area contributed by atoms with Crippen LogP contribution in [0.5, 0.6) is 0 Å². The van der Waals surface area contributed by atoms with Crippen LogP contribution in [0.1, 0.15) is 66.8 Å². The number of nitrogens with zero attached hydrogens (tertiary/aromatic N) is 6. The molecular formula is C42H46CoN6+3. The SMILES string of the molecule is Cc1cnc(-c2cc(C)c(C)c(-c3cc(C)c(C)cn3)n2)cc1C.Cc1cnc(-c2cc(C)c(C)c(-c3cc(C)c(C)cn3)n2)cc1C.[Co+3]. The van der Waals surface area contributed by atoms with Gasteiger partial charge >= 0.3 is 16.8 Å². The molecule has 0 unspecified atom stereocenters. The van der Waals surface area contributed by atoms with Crippen molar-refractivity contribution in [2.75, 3.05) is 0 Å².